The summed E-state index contributed by atoms with van der Waals surface area (Å²) in [5.74, 6) is -1.06. The Balaban J connectivity index is 1.60. The van der Waals surface area contributed by atoms with Crippen LogP contribution in [0.25, 0.3) is 0 Å². The molecule has 3 aromatic rings. The van der Waals surface area contributed by atoms with Gasteiger partial charge in [-0.3, -0.25) is 14.6 Å². The summed E-state index contributed by atoms with van der Waals surface area (Å²) < 4.78 is 12.9. The molecule has 2 amide bonds. The van der Waals surface area contributed by atoms with Gasteiger partial charge in [0.2, 0.25) is 0 Å². The topological polar surface area (TPSA) is 71.1 Å². The van der Waals surface area contributed by atoms with Crippen LogP contribution < -0.4 is 10.6 Å². The van der Waals surface area contributed by atoms with Gasteiger partial charge in [0, 0.05) is 18.9 Å². The standard InChI is InChI=1S/C21H17ClFN3O2/c22-18-3-1-2-4-19(18)26-21(28)16-11-15(12-24-13-16)20(27)25-10-9-14-5-7-17(23)8-6-14/h1-8,11-13H,9-10H2,(H,25,27)(H,26,28). The summed E-state index contributed by atoms with van der Waals surface area (Å²) >= 11 is 6.04. The first kappa shape index (κ1) is 19.5. The lowest BCUT2D eigenvalue weighted by Gasteiger charge is -2.09. The average molecular weight is 398 g/mol. The minimum absolute atomic E-state index is 0.242. The number of para-hydroxylation sites is 1. The van der Waals surface area contributed by atoms with E-state index in [9.17, 15) is 14.0 Å². The molecule has 7 heteroatoms. The van der Waals surface area contributed by atoms with E-state index in [0.717, 1.165) is 5.56 Å². The number of amides is 2. The molecule has 0 saturated heterocycles. The van der Waals surface area contributed by atoms with Gasteiger partial charge in [0.05, 0.1) is 21.8 Å². The molecular weight excluding hydrogens is 381 g/mol. The maximum absolute atomic E-state index is 12.9. The number of nitrogens with zero attached hydrogens (tertiary/aromatic N) is 1. The van der Waals surface area contributed by atoms with Crippen molar-refractivity contribution in [3.63, 3.8) is 0 Å². The number of pyridine rings is 1. The Morgan fingerprint density at radius 3 is 2.36 bits per heavy atom. The highest BCUT2D eigenvalue weighted by Gasteiger charge is 2.12. The van der Waals surface area contributed by atoms with Gasteiger partial charge in [0.15, 0.2) is 0 Å². The normalized spacial score (nSPS) is 10.4. The van der Waals surface area contributed by atoms with Crippen LogP contribution in [0.2, 0.25) is 5.02 Å². The summed E-state index contributed by atoms with van der Waals surface area (Å²) in [5, 5.41) is 5.87. The van der Waals surface area contributed by atoms with E-state index in [0.29, 0.717) is 23.7 Å². The molecule has 0 bridgehead atoms. The number of nitrogens with one attached hydrogen (secondary N) is 2. The van der Waals surface area contributed by atoms with Gasteiger partial charge in [0.1, 0.15) is 5.82 Å². The molecule has 0 fully saturated rings. The molecule has 5 nitrogen and oxygen atoms in total. The van der Waals surface area contributed by atoms with E-state index in [4.69, 9.17) is 11.6 Å². The average Bonchev–Trinajstić information content (AvgIpc) is 2.71. The molecule has 0 aliphatic rings. The zero-order chi connectivity index (χ0) is 19.9. The van der Waals surface area contributed by atoms with E-state index in [1.807, 2.05) is 0 Å². The second-order valence-corrected chi connectivity index (χ2v) is 6.44. The first-order chi connectivity index (χ1) is 13.5. The maximum Gasteiger partial charge on any atom is 0.257 e. The molecule has 2 N–H and O–H groups in total. The molecule has 0 aliphatic heterocycles. The zero-order valence-corrected chi connectivity index (χ0v) is 15.5. The monoisotopic (exact) mass is 397 g/mol. The smallest absolute Gasteiger partial charge is 0.257 e. The second kappa shape index (κ2) is 9.10. The Hall–Kier alpha value is -3.25. The summed E-state index contributed by atoms with van der Waals surface area (Å²) in [4.78, 5) is 28.7. The highest BCUT2D eigenvalue weighted by Crippen LogP contribution is 2.21. The fraction of sp³-hybridized carbons (Fsp3) is 0.0952. The van der Waals surface area contributed by atoms with Gasteiger partial charge in [-0.1, -0.05) is 35.9 Å². The molecule has 142 valence electrons. The van der Waals surface area contributed by atoms with E-state index in [2.05, 4.69) is 15.6 Å². The SMILES string of the molecule is O=C(NCCc1ccc(F)cc1)c1cncc(C(=O)Nc2ccccc2Cl)c1. The van der Waals surface area contributed by atoms with Crippen molar-refractivity contribution in [3.05, 3.63) is 94.5 Å². The van der Waals surface area contributed by atoms with Crippen LogP contribution in [0.5, 0.6) is 0 Å². The fourth-order valence-electron chi connectivity index (χ4n) is 2.52. The van der Waals surface area contributed by atoms with E-state index >= 15 is 0 Å². The molecule has 0 aliphatic carbocycles. The lowest BCUT2D eigenvalue weighted by Crippen LogP contribution is -2.26. The van der Waals surface area contributed by atoms with Crippen molar-refractivity contribution in [1.29, 1.82) is 0 Å². The van der Waals surface area contributed by atoms with E-state index < -0.39 is 5.91 Å². The summed E-state index contributed by atoms with van der Waals surface area (Å²) in [6, 6.07) is 14.4. The van der Waals surface area contributed by atoms with Crippen LogP contribution in [0.3, 0.4) is 0 Å². The summed E-state index contributed by atoms with van der Waals surface area (Å²) in [6.07, 6.45) is 3.33. The van der Waals surface area contributed by atoms with Crippen molar-refractivity contribution >= 4 is 29.1 Å². The summed E-state index contributed by atoms with van der Waals surface area (Å²) in [7, 11) is 0. The van der Waals surface area contributed by atoms with Crippen LogP contribution in [-0.2, 0) is 6.42 Å². The number of halogens is 2. The van der Waals surface area contributed by atoms with Gasteiger partial charge in [-0.15, -0.1) is 0 Å². The van der Waals surface area contributed by atoms with E-state index in [1.54, 1.807) is 36.4 Å². The minimum Gasteiger partial charge on any atom is -0.352 e. The lowest BCUT2D eigenvalue weighted by molar-refractivity contribution is 0.0953. The highest BCUT2D eigenvalue weighted by molar-refractivity contribution is 6.33. The molecule has 0 spiro atoms. The Morgan fingerprint density at radius 2 is 1.64 bits per heavy atom. The van der Waals surface area contributed by atoms with Crippen molar-refractivity contribution in [1.82, 2.24) is 10.3 Å². The molecule has 3 rings (SSSR count). The van der Waals surface area contributed by atoms with Crippen molar-refractivity contribution in [2.45, 2.75) is 6.42 Å². The number of carbonyl (C=O) groups is 2. The van der Waals surface area contributed by atoms with Crippen molar-refractivity contribution in [3.8, 4) is 0 Å². The predicted molar refractivity (Wildman–Crippen MR) is 106 cm³/mol. The molecule has 28 heavy (non-hydrogen) atoms. The summed E-state index contributed by atoms with van der Waals surface area (Å²) in [5.41, 5.74) is 1.90. The molecule has 0 radical (unpaired) electrons. The number of rotatable bonds is 6. The van der Waals surface area contributed by atoms with Gasteiger partial charge in [0.25, 0.3) is 11.8 Å². The van der Waals surface area contributed by atoms with Gasteiger partial charge in [-0.05, 0) is 42.3 Å². The third-order valence-electron chi connectivity index (χ3n) is 4.00. The van der Waals surface area contributed by atoms with E-state index in [1.165, 1.54) is 30.6 Å². The van der Waals surface area contributed by atoms with Gasteiger partial charge in [-0.25, -0.2) is 4.39 Å². The van der Waals surface area contributed by atoms with E-state index in [-0.39, 0.29) is 22.9 Å². The Kier molecular flexibility index (Phi) is 6.34. The van der Waals surface area contributed by atoms with Gasteiger partial charge >= 0.3 is 0 Å². The Bertz CT molecular complexity index is 993. The molecule has 2 aromatic carbocycles. The quantitative estimate of drug-likeness (QED) is 0.657. The Morgan fingerprint density at radius 1 is 0.964 bits per heavy atom. The highest BCUT2D eigenvalue weighted by atomic mass is 35.5. The largest absolute Gasteiger partial charge is 0.352 e. The second-order valence-electron chi connectivity index (χ2n) is 6.03. The number of hydrogen-bond donors (Lipinski definition) is 2. The maximum atomic E-state index is 12.9. The molecule has 0 saturated carbocycles. The first-order valence-corrected chi connectivity index (χ1v) is 8.94. The predicted octanol–water partition coefficient (Wildman–Crippen LogP) is 4.10. The van der Waals surface area contributed by atoms with Crippen LogP contribution in [0.1, 0.15) is 26.3 Å². The van der Waals surface area contributed by atoms with Gasteiger partial charge < -0.3 is 10.6 Å². The molecule has 0 atom stereocenters. The van der Waals surface area contributed by atoms with Crippen LogP contribution in [0.4, 0.5) is 10.1 Å². The number of carbonyl (C=O) groups excluding carboxylic acids is 2. The Labute approximate surface area is 166 Å². The first-order valence-electron chi connectivity index (χ1n) is 8.56. The number of benzene rings is 2. The van der Waals surface area contributed by atoms with Crippen LogP contribution >= 0.6 is 11.6 Å². The molecule has 1 aromatic heterocycles. The molecule has 0 unspecified atom stereocenters. The minimum atomic E-state index is -0.415. The van der Waals surface area contributed by atoms with Crippen molar-refractivity contribution < 1.29 is 14.0 Å². The summed E-state index contributed by atoms with van der Waals surface area (Å²) in [6.45, 7) is 0.376. The van der Waals surface area contributed by atoms with Crippen LogP contribution in [-0.4, -0.2) is 23.3 Å². The van der Waals surface area contributed by atoms with Crippen molar-refractivity contribution in [2.75, 3.05) is 11.9 Å². The number of aromatic nitrogens is 1. The number of hydrogen-bond acceptors (Lipinski definition) is 3. The van der Waals surface area contributed by atoms with Gasteiger partial charge in [-0.2, -0.15) is 0 Å². The lowest BCUT2D eigenvalue weighted by atomic mass is 10.1. The third kappa shape index (κ3) is 5.14. The molecule has 1 heterocycles. The third-order valence-corrected chi connectivity index (χ3v) is 4.33. The molecular formula is C21H17ClFN3O2. The van der Waals surface area contributed by atoms with Crippen molar-refractivity contribution in [2.24, 2.45) is 0 Å². The van der Waals surface area contributed by atoms with Crippen LogP contribution in [0, 0.1) is 5.82 Å². The number of anilines is 1. The zero-order valence-electron chi connectivity index (χ0n) is 14.8. The fourth-order valence-corrected chi connectivity index (χ4v) is 2.70. The van der Waals surface area contributed by atoms with Crippen LogP contribution in [0.15, 0.2) is 67.0 Å².